The van der Waals surface area contributed by atoms with Crippen molar-refractivity contribution in [2.75, 3.05) is 10.2 Å². The van der Waals surface area contributed by atoms with Gasteiger partial charge in [0.2, 0.25) is 11.8 Å². The molecule has 6 nitrogen and oxygen atoms in total. The molecule has 0 saturated carbocycles. The molecule has 0 radical (unpaired) electrons. The Kier molecular flexibility index (Phi) is 5.74. The zero-order valence-electron chi connectivity index (χ0n) is 16.0. The van der Waals surface area contributed by atoms with E-state index in [9.17, 15) is 9.59 Å². The number of pyridine rings is 1. The molecule has 1 N–H and O–H groups in total. The molecule has 2 amide bonds. The third kappa shape index (κ3) is 4.32. The molecule has 0 bridgehead atoms. The fourth-order valence-corrected chi connectivity index (χ4v) is 3.98. The number of fused-ring (bicyclic) bond motifs is 1. The molecule has 0 aliphatic rings. The highest BCUT2D eigenvalue weighted by atomic mass is 35.5. The van der Waals surface area contributed by atoms with Gasteiger partial charge in [0.05, 0.1) is 16.8 Å². The first-order valence-corrected chi connectivity index (χ1v) is 10.3. The predicted octanol–water partition coefficient (Wildman–Crippen LogP) is 5.21. The summed E-state index contributed by atoms with van der Waals surface area (Å²) in [4.78, 5) is 30.7. The van der Waals surface area contributed by atoms with Crippen LogP contribution in [0.3, 0.4) is 0 Å². The van der Waals surface area contributed by atoms with Crippen molar-refractivity contribution in [2.45, 2.75) is 13.3 Å². The van der Waals surface area contributed by atoms with Crippen LogP contribution in [0.4, 0.5) is 17.2 Å². The highest BCUT2D eigenvalue weighted by Gasteiger charge is 2.17. The average Bonchev–Trinajstić information content (AvgIpc) is 3.18. The zero-order chi connectivity index (χ0) is 21.1. The topological polar surface area (TPSA) is 75.2 Å². The Hall–Kier alpha value is -3.29. The molecule has 0 fully saturated rings. The Morgan fingerprint density at radius 2 is 1.97 bits per heavy atom. The lowest BCUT2D eigenvalue weighted by atomic mass is 10.1. The minimum Gasteiger partial charge on any atom is -0.326 e. The second-order valence-corrected chi connectivity index (χ2v) is 7.86. The monoisotopic (exact) mass is 436 g/mol. The van der Waals surface area contributed by atoms with Crippen LogP contribution in [0.15, 0.2) is 67.0 Å². The minimum absolute atomic E-state index is 0.149. The molecule has 2 aromatic carbocycles. The van der Waals surface area contributed by atoms with Crippen LogP contribution in [0.25, 0.3) is 10.1 Å². The maximum Gasteiger partial charge on any atom is 0.229 e. The van der Waals surface area contributed by atoms with Crippen molar-refractivity contribution in [3.63, 3.8) is 0 Å². The van der Waals surface area contributed by atoms with Crippen molar-refractivity contribution in [1.29, 1.82) is 0 Å². The number of anilines is 3. The van der Waals surface area contributed by atoms with Gasteiger partial charge in [-0.05, 0) is 47.4 Å². The van der Waals surface area contributed by atoms with Crippen LogP contribution >= 0.6 is 23.1 Å². The normalized spacial score (nSPS) is 10.7. The number of carbonyl (C=O) groups is 2. The van der Waals surface area contributed by atoms with Crippen LogP contribution in [0.1, 0.15) is 12.5 Å². The van der Waals surface area contributed by atoms with Crippen molar-refractivity contribution >= 4 is 62.2 Å². The van der Waals surface area contributed by atoms with E-state index in [2.05, 4.69) is 14.7 Å². The van der Waals surface area contributed by atoms with Crippen LogP contribution in [0.5, 0.6) is 0 Å². The van der Waals surface area contributed by atoms with Crippen molar-refractivity contribution in [3.8, 4) is 0 Å². The fourth-order valence-electron chi connectivity index (χ4n) is 3.10. The summed E-state index contributed by atoms with van der Waals surface area (Å²) in [7, 11) is 0. The van der Waals surface area contributed by atoms with Crippen LogP contribution < -0.4 is 10.2 Å². The Morgan fingerprint density at radius 3 is 2.77 bits per heavy atom. The first kappa shape index (κ1) is 20.0. The molecule has 0 atom stereocenters. The van der Waals surface area contributed by atoms with E-state index in [0.717, 1.165) is 15.6 Å². The summed E-state index contributed by atoms with van der Waals surface area (Å²) in [6, 6.07) is 16.2. The number of nitrogens with one attached hydrogen (secondary N) is 1. The molecule has 0 saturated heterocycles. The van der Waals surface area contributed by atoms with Crippen LogP contribution in [-0.2, 0) is 16.0 Å². The first-order chi connectivity index (χ1) is 14.5. The Bertz CT molecular complexity index is 1240. The van der Waals surface area contributed by atoms with Gasteiger partial charge in [0.1, 0.15) is 5.82 Å². The molecule has 0 unspecified atom stereocenters. The van der Waals surface area contributed by atoms with Gasteiger partial charge in [0.25, 0.3) is 0 Å². The molecule has 0 spiro atoms. The van der Waals surface area contributed by atoms with Crippen molar-refractivity contribution in [2.24, 2.45) is 0 Å². The first-order valence-electron chi connectivity index (χ1n) is 9.16. The van der Waals surface area contributed by atoms with Crippen LogP contribution in [0, 0.1) is 0 Å². The van der Waals surface area contributed by atoms with E-state index in [4.69, 9.17) is 11.6 Å². The highest BCUT2D eigenvalue weighted by Crippen LogP contribution is 2.30. The average molecular weight is 437 g/mol. The van der Waals surface area contributed by atoms with E-state index in [1.807, 2.05) is 36.4 Å². The van der Waals surface area contributed by atoms with Gasteiger partial charge in [-0.2, -0.15) is 4.37 Å². The number of carbonyl (C=O) groups excluding carboxylic acids is 2. The van der Waals surface area contributed by atoms with E-state index in [1.165, 1.54) is 23.4 Å². The molecular formula is C22H17ClN4O2S. The van der Waals surface area contributed by atoms with E-state index in [1.54, 1.807) is 30.6 Å². The summed E-state index contributed by atoms with van der Waals surface area (Å²) >= 11 is 7.50. The summed E-state index contributed by atoms with van der Waals surface area (Å²) in [5.74, 6) is 0.0218. The van der Waals surface area contributed by atoms with Crippen LogP contribution in [0.2, 0.25) is 5.02 Å². The largest absolute Gasteiger partial charge is 0.326 e. The number of aromatic nitrogens is 2. The van der Waals surface area contributed by atoms with Crippen molar-refractivity contribution < 1.29 is 9.59 Å². The van der Waals surface area contributed by atoms with Gasteiger partial charge in [-0.3, -0.25) is 14.5 Å². The summed E-state index contributed by atoms with van der Waals surface area (Å²) in [6.45, 7) is 1.47. The van der Waals surface area contributed by atoms with Gasteiger partial charge in [-0.1, -0.05) is 29.8 Å². The van der Waals surface area contributed by atoms with Crippen molar-refractivity contribution in [1.82, 2.24) is 9.36 Å². The van der Waals surface area contributed by atoms with Gasteiger partial charge in [-0.25, -0.2) is 4.98 Å². The van der Waals surface area contributed by atoms with Gasteiger partial charge in [0, 0.05) is 41.5 Å². The third-order valence-electron chi connectivity index (χ3n) is 4.48. The SMILES string of the molecule is CC(=O)N(c1ccc2cnsc2c1)c1cc(NC(=O)Cc2ccccc2Cl)ccn1. The molecular weight excluding hydrogens is 420 g/mol. The minimum atomic E-state index is -0.208. The number of amides is 2. The van der Waals surface area contributed by atoms with E-state index >= 15 is 0 Å². The van der Waals surface area contributed by atoms with E-state index in [-0.39, 0.29) is 18.2 Å². The lowest BCUT2D eigenvalue weighted by Crippen LogP contribution is -2.24. The number of hydrogen-bond donors (Lipinski definition) is 1. The summed E-state index contributed by atoms with van der Waals surface area (Å²) < 4.78 is 5.15. The molecule has 0 aliphatic heterocycles. The summed E-state index contributed by atoms with van der Waals surface area (Å²) in [6.07, 6.45) is 3.49. The number of halogens is 1. The number of rotatable bonds is 5. The lowest BCUT2D eigenvalue weighted by Gasteiger charge is -2.21. The molecule has 150 valence electrons. The fraction of sp³-hybridized carbons (Fsp3) is 0.0909. The highest BCUT2D eigenvalue weighted by molar-refractivity contribution is 7.13. The lowest BCUT2D eigenvalue weighted by molar-refractivity contribution is -0.116. The molecule has 2 heterocycles. The van der Waals surface area contributed by atoms with Crippen LogP contribution in [-0.4, -0.2) is 21.2 Å². The quantitative estimate of drug-likeness (QED) is 0.466. The Labute approximate surface area is 182 Å². The second-order valence-electron chi connectivity index (χ2n) is 6.62. The molecule has 4 rings (SSSR count). The third-order valence-corrected chi connectivity index (χ3v) is 5.61. The molecule has 0 aliphatic carbocycles. The van der Waals surface area contributed by atoms with Gasteiger partial charge < -0.3 is 5.32 Å². The molecule has 4 aromatic rings. The molecule has 2 aromatic heterocycles. The smallest absolute Gasteiger partial charge is 0.229 e. The van der Waals surface area contributed by atoms with E-state index in [0.29, 0.717) is 22.2 Å². The summed E-state index contributed by atoms with van der Waals surface area (Å²) in [5.41, 5.74) is 1.97. The Morgan fingerprint density at radius 1 is 1.13 bits per heavy atom. The predicted molar refractivity (Wildman–Crippen MR) is 120 cm³/mol. The standard InChI is InChI=1S/C22H17ClN4O2S/c1-14(28)27(18-7-6-16-13-25-30-20(16)12-18)21-11-17(8-9-24-21)26-22(29)10-15-4-2-3-5-19(15)23/h2-9,11-13H,10H2,1H3,(H,24,26,29). The summed E-state index contributed by atoms with van der Waals surface area (Å²) in [5, 5.41) is 4.41. The van der Waals surface area contributed by atoms with Crippen molar-refractivity contribution in [3.05, 3.63) is 77.6 Å². The van der Waals surface area contributed by atoms with Gasteiger partial charge in [-0.15, -0.1) is 0 Å². The molecule has 30 heavy (non-hydrogen) atoms. The maximum atomic E-state index is 12.5. The second kappa shape index (κ2) is 8.61. The van der Waals surface area contributed by atoms with Gasteiger partial charge >= 0.3 is 0 Å². The number of nitrogens with zero attached hydrogens (tertiary/aromatic N) is 3. The maximum absolute atomic E-state index is 12.5. The zero-order valence-corrected chi connectivity index (χ0v) is 17.6. The molecule has 8 heteroatoms. The van der Waals surface area contributed by atoms with E-state index < -0.39 is 0 Å². The number of benzene rings is 2. The Balaban J connectivity index is 1.58. The van der Waals surface area contributed by atoms with Gasteiger partial charge in [0.15, 0.2) is 0 Å². The number of hydrogen-bond acceptors (Lipinski definition) is 5.